The predicted octanol–water partition coefficient (Wildman–Crippen LogP) is 1.74. The van der Waals surface area contributed by atoms with E-state index in [0.29, 0.717) is 22.5 Å². The van der Waals surface area contributed by atoms with Crippen molar-refractivity contribution >= 4 is 47.2 Å². The second-order valence-electron chi connectivity index (χ2n) is 13.0. The molecule has 0 saturated carbocycles. The maximum Gasteiger partial charge on any atom is 0.328 e. The van der Waals surface area contributed by atoms with Crippen molar-refractivity contribution in [1.82, 2.24) is 29.7 Å². The SMILES string of the molecule is Cc1cn(CCC(=O)NCC(C)C(=O)Nc2ccc(/C=C/c3ccc(NC(=O)C(C)CNC(=O)CCn4cc(C)c(=O)[nH]c4=O)cc3)cc2)c(=O)[nH]c1=O. The first-order chi connectivity index (χ1) is 25.7. The number of anilines is 2. The Morgan fingerprint density at radius 1 is 0.611 bits per heavy atom. The molecule has 4 rings (SSSR count). The average Bonchev–Trinajstić information content (AvgIpc) is 3.14. The molecule has 0 saturated heterocycles. The van der Waals surface area contributed by atoms with Crippen LogP contribution in [0.25, 0.3) is 12.2 Å². The molecule has 284 valence electrons. The summed E-state index contributed by atoms with van der Waals surface area (Å²) in [5, 5.41) is 11.1. The van der Waals surface area contributed by atoms with E-state index in [9.17, 15) is 38.4 Å². The van der Waals surface area contributed by atoms with Gasteiger partial charge in [0.05, 0.1) is 11.8 Å². The van der Waals surface area contributed by atoms with Crippen LogP contribution in [-0.2, 0) is 32.3 Å². The molecule has 0 bridgehead atoms. The summed E-state index contributed by atoms with van der Waals surface area (Å²) in [6, 6.07) is 14.5. The molecule has 2 aromatic carbocycles. The van der Waals surface area contributed by atoms with Crippen molar-refractivity contribution in [1.29, 1.82) is 0 Å². The number of hydrogen-bond donors (Lipinski definition) is 6. The van der Waals surface area contributed by atoms with Crippen molar-refractivity contribution in [2.24, 2.45) is 11.8 Å². The number of hydrogen-bond acceptors (Lipinski definition) is 8. The van der Waals surface area contributed by atoms with Gasteiger partial charge >= 0.3 is 11.4 Å². The molecule has 54 heavy (non-hydrogen) atoms. The highest BCUT2D eigenvalue weighted by Crippen LogP contribution is 2.16. The van der Waals surface area contributed by atoms with Gasteiger partial charge in [-0.05, 0) is 49.2 Å². The molecule has 4 aromatic rings. The van der Waals surface area contributed by atoms with E-state index >= 15 is 0 Å². The number of rotatable bonds is 16. The van der Waals surface area contributed by atoms with Crippen molar-refractivity contribution in [3.63, 3.8) is 0 Å². The number of H-pyrrole nitrogens is 2. The van der Waals surface area contributed by atoms with Crippen molar-refractivity contribution in [2.45, 2.75) is 53.6 Å². The zero-order valence-corrected chi connectivity index (χ0v) is 30.5. The highest BCUT2D eigenvalue weighted by molar-refractivity contribution is 5.93. The Kier molecular flexibility index (Phi) is 14.0. The number of carbonyl (C=O) groups excluding carboxylic acids is 4. The second-order valence-corrected chi connectivity index (χ2v) is 13.0. The second kappa shape index (κ2) is 18.8. The van der Waals surface area contributed by atoms with Gasteiger partial charge in [-0.1, -0.05) is 50.3 Å². The monoisotopic (exact) mass is 740 g/mol. The van der Waals surface area contributed by atoms with Crippen molar-refractivity contribution in [3.05, 3.63) is 125 Å². The third kappa shape index (κ3) is 12.0. The van der Waals surface area contributed by atoms with E-state index in [1.54, 1.807) is 52.0 Å². The molecule has 6 N–H and O–H groups in total. The summed E-state index contributed by atoms with van der Waals surface area (Å²) in [7, 11) is 0. The maximum atomic E-state index is 12.7. The van der Waals surface area contributed by atoms with E-state index < -0.39 is 34.3 Å². The fourth-order valence-electron chi connectivity index (χ4n) is 4.99. The largest absolute Gasteiger partial charge is 0.355 e. The zero-order valence-electron chi connectivity index (χ0n) is 30.5. The standard InChI is InChI=1S/C38H44N8O8/c1-23(19-39-31(47)15-17-45-21-25(3)35(51)43-37(45)53)33(49)41-29-11-7-27(8-12-29)5-6-28-9-13-30(14-10-28)42-34(50)24(2)20-40-32(48)16-18-46-22-26(4)36(52)44-38(46)54/h5-14,21-24H,15-20H2,1-4H3,(H,39,47)(H,40,48)(H,41,49)(H,42,50)(H,43,51,53)(H,44,52,54)/b6-5+. The number of amides is 4. The van der Waals surface area contributed by atoms with Crippen LogP contribution < -0.4 is 43.8 Å². The normalized spacial score (nSPS) is 12.1. The van der Waals surface area contributed by atoms with Gasteiger partial charge in [-0.3, -0.25) is 47.9 Å². The fourth-order valence-corrected chi connectivity index (χ4v) is 4.99. The van der Waals surface area contributed by atoms with E-state index in [1.807, 2.05) is 36.4 Å². The fraction of sp³-hybridized carbons (Fsp3) is 0.316. The molecule has 2 heterocycles. The topological polar surface area (TPSA) is 226 Å². The Labute approximate surface area is 309 Å². The third-order valence-corrected chi connectivity index (χ3v) is 8.47. The maximum absolute atomic E-state index is 12.7. The first kappa shape index (κ1) is 40.2. The predicted molar refractivity (Wildman–Crippen MR) is 205 cm³/mol. The van der Waals surface area contributed by atoms with E-state index in [4.69, 9.17) is 0 Å². The number of aryl methyl sites for hydroxylation is 4. The molecule has 0 aliphatic heterocycles. The summed E-state index contributed by atoms with van der Waals surface area (Å²) < 4.78 is 2.52. The molecular weight excluding hydrogens is 696 g/mol. The minimum atomic E-state index is -0.589. The van der Waals surface area contributed by atoms with Gasteiger partial charge in [0.2, 0.25) is 23.6 Å². The lowest BCUT2D eigenvalue weighted by Gasteiger charge is -2.14. The number of nitrogens with zero attached hydrogens (tertiary/aromatic N) is 2. The van der Waals surface area contributed by atoms with Gasteiger partial charge in [-0.2, -0.15) is 0 Å². The Bertz CT molecular complexity index is 2090. The molecule has 16 heteroatoms. The molecule has 16 nitrogen and oxygen atoms in total. The lowest BCUT2D eigenvalue weighted by Crippen LogP contribution is -2.36. The van der Waals surface area contributed by atoms with Gasteiger partial charge < -0.3 is 21.3 Å². The molecule has 4 amide bonds. The molecule has 0 radical (unpaired) electrons. The van der Waals surface area contributed by atoms with Gasteiger partial charge in [0, 0.05) is 73.9 Å². The Balaban J connectivity index is 1.16. The van der Waals surface area contributed by atoms with E-state index in [2.05, 4.69) is 31.2 Å². The van der Waals surface area contributed by atoms with Gasteiger partial charge in [0.25, 0.3) is 11.1 Å². The molecule has 2 unspecified atom stereocenters. The summed E-state index contributed by atoms with van der Waals surface area (Å²) in [5.74, 6) is -2.25. The molecule has 2 aromatic heterocycles. The Morgan fingerprint density at radius 3 is 1.31 bits per heavy atom. The molecule has 0 aliphatic carbocycles. The molecule has 2 atom stereocenters. The quantitative estimate of drug-likeness (QED) is 0.0926. The van der Waals surface area contributed by atoms with Crippen LogP contribution >= 0.6 is 0 Å². The number of nitrogens with one attached hydrogen (secondary N) is 6. The third-order valence-electron chi connectivity index (χ3n) is 8.47. The van der Waals surface area contributed by atoms with Crippen molar-refractivity contribution in [3.8, 4) is 0 Å². The minimum absolute atomic E-state index is 0.00741. The smallest absolute Gasteiger partial charge is 0.328 e. The minimum Gasteiger partial charge on any atom is -0.355 e. The molecule has 0 spiro atoms. The van der Waals surface area contributed by atoms with Crippen molar-refractivity contribution < 1.29 is 19.2 Å². The van der Waals surface area contributed by atoms with Crippen molar-refractivity contribution in [2.75, 3.05) is 23.7 Å². The summed E-state index contributed by atoms with van der Waals surface area (Å²) >= 11 is 0. The van der Waals surface area contributed by atoms with Gasteiger partial charge in [0.15, 0.2) is 0 Å². The van der Waals surface area contributed by atoms with Crippen LogP contribution in [0.15, 0.2) is 80.1 Å². The molecule has 0 fully saturated rings. The van der Waals surface area contributed by atoms with E-state index in [1.165, 1.54) is 21.5 Å². The highest BCUT2D eigenvalue weighted by Gasteiger charge is 2.16. The first-order valence-corrected chi connectivity index (χ1v) is 17.3. The number of aromatic amines is 2. The lowest BCUT2D eigenvalue weighted by atomic mass is 10.1. The lowest BCUT2D eigenvalue weighted by molar-refractivity contribution is -0.124. The van der Waals surface area contributed by atoms with Crippen LogP contribution in [0.2, 0.25) is 0 Å². The van der Waals surface area contributed by atoms with Crippen LogP contribution in [0.4, 0.5) is 11.4 Å². The summed E-state index contributed by atoms with van der Waals surface area (Å²) in [4.78, 5) is 101. The number of benzene rings is 2. The summed E-state index contributed by atoms with van der Waals surface area (Å²) in [6.07, 6.45) is 6.62. The number of aromatic nitrogens is 4. The first-order valence-electron chi connectivity index (χ1n) is 17.3. The van der Waals surface area contributed by atoms with E-state index in [-0.39, 0.29) is 62.6 Å². The van der Waals surface area contributed by atoms with Gasteiger partial charge in [-0.25, -0.2) is 9.59 Å². The Hall–Kier alpha value is -6.58. The van der Waals surface area contributed by atoms with Crippen LogP contribution in [-0.4, -0.2) is 55.8 Å². The van der Waals surface area contributed by atoms with Gasteiger partial charge in [0.1, 0.15) is 0 Å². The van der Waals surface area contributed by atoms with E-state index in [0.717, 1.165) is 11.1 Å². The van der Waals surface area contributed by atoms with Gasteiger partial charge in [-0.15, -0.1) is 0 Å². The zero-order chi connectivity index (χ0) is 39.4. The van der Waals surface area contributed by atoms with Crippen LogP contribution in [0.3, 0.4) is 0 Å². The van der Waals surface area contributed by atoms with Crippen LogP contribution in [0, 0.1) is 25.7 Å². The number of carbonyl (C=O) groups is 4. The van der Waals surface area contributed by atoms with Crippen LogP contribution in [0.1, 0.15) is 48.9 Å². The average molecular weight is 741 g/mol. The highest BCUT2D eigenvalue weighted by atomic mass is 16.2. The molecular formula is C38H44N8O8. The van der Waals surface area contributed by atoms with Crippen LogP contribution in [0.5, 0.6) is 0 Å². The molecule has 0 aliphatic rings. The Morgan fingerprint density at radius 2 is 0.963 bits per heavy atom. The summed E-state index contributed by atoms with van der Waals surface area (Å²) in [6.45, 7) is 6.91. The summed E-state index contributed by atoms with van der Waals surface area (Å²) in [5.41, 5.74) is 1.58.